The highest BCUT2D eigenvalue weighted by Crippen LogP contribution is 2.31. The molecule has 0 aromatic heterocycles. The van der Waals surface area contributed by atoms with E-state index in [0.717, 1.165) is 12.2 Å². The quantitative estimate of drug-likeness (QED) is 0.846. The molecule has 0 aliphatic carbocycles. The highest BCUT2D eigenvalue weighted by Gasteiger charge is 2.26. The lowest BCUT2D eigenvalue weighted by molar-refractivity contribution is -0.122. The molecular formula is C20H29N3O3. The number of ether oxygens (including phenoxy) is 1. The molecule has 3 rings (SSSR count). The van der Waals surface area contributed by atoms with E-state index in [1.807, 2.05) is 24.3 Å². The summed E-state index contributed by atoms with van der Waals surface area (Å²) in [6, 6.07) is 8.60. The lowest BCUT2D eigenvalue weighted by Crippen LogP contribution is -2.47. The molecule has 142 valence electrons. The monoisotopic (exact) mass is 359 g/mol. The molecule has 1 saturated heterocycles. The van der Waals surface area contributed by atoms with Crippen LogP contribution in [0.15, 0.2) is 24.3 Å². The molecular weight excluding hydrogens is 330 g/mol. The molecule has 1 aromatic carbocycles. The number of nitrogens with zero attached hydrogens (tertiary/aromatic N) is 2. The number of amides is 2. The highest BCUT2D eigenvalue weighted by atomic mass is 16.5. The van der Waals surface area contributed by atoms with E-state index >= 15 is 0 Å². The minimum Gasteiger partial charge on any atom is -0.482 e. The first-order valence-corrected chi connectivity index (χ1v) is 9.61. The number of anilines is 1. The Morgan fingerprint density at radius 1 is 1.19 bits per heavy atom. The standard InChI is InChI=1S/C20H29N3O3/c1-15-6-5-7-16(2)22(15)13-11-21-19(24)10-12-23-17-8-3-4-9-18(17)26-14-20(23)25/h3-4,8-9,15-16H,5-7,10-14H2,1-2H3,(H,21,24). The molecule has 2 heterocycles. The summed E-state index contributed by atoms with van der Waals surface area (Å²) in [5.41, 5.74) is 0.743. The molecule has 0 saturated carbocycles. The van der Waals surface area contributed by atoms with E-state index < -0.39 is 0 Å². The van der Waals surface area contributed by atoms with Crippen molar-refractivity contribution in [1.29, 1.82) is 0 Å². The summed E-state index contributed by atoms with van der Waals surface area (Å²) in [6.07, 6.45) is 4.05. The van der Waals surface area contributed by atoms with Crippen molar-refractivity contribution in [2.75, 3.05) is 31.1 Å². The van der Waals surface area contributed by atoms with E-state index in [1.54, 1.807) is 4.90 Å². The maximum Gasteiger partial charge on any atom is 0.265 e. The van der Waals surface area contributed by atoms with Crippen LogP contribution in [0.3, 0.4) is 0 Å². The van der Waals surface area contributed by atoms with Gasteiger partial charge in [0.15, 0.2) is 6.61 Å². The highest BCUT2D eigenvalue weighted by molar-refractivity contribution is 5.98. The van der Waals surface area contributed by atoms with Crippen LogP contribution >= 0.6 is 0 Å². The number of carbonyl (C=O) groups excluding carboxylic acids is 2. The van der Waals surface area contributed by atoms with Gasteiger partial charge in [0.25, 0.3) is 5.91 Å². The van der Waals surface area contributed by atoms with Crippen LogP contribution in [-0.4, -0.2) is 55.0 Å². The Morgan fingerprint density at radius 2 is 1.92 bits per heavy atom. The zero-order valence-electron chi connectivity index (χ0n) is 15.7. The summed E-state index contributed by atoms with van der Waals surface area (Å²) in [4.78, 5) is 28.5. The first kappa shape index (κ1) is 18.7. The number of benzene rings is 1. The predicted octanol–water partition coefficient (Wildman–Crippen LogP) is 2.18. The van der Waals surface area contributed by atoms with E-state index in [2.05, 4.69) is 24.1 Å². The van der Waals surface area contributed by atoms with Crippen LogP contribution in [0.25, 0.3) is 0 Å². The summed E-state index contributed by atoms with van der Waals surface area (Å²) in [5, 5.41) is 3.00. The number of nitrogens with one attached hydrogen (secondary N) is 1. The van der Waals surface area contributed by atoms with E-state index in [0.29, 0.717) is 37.3 Å². The lowest BCUT2D eigenvalue weighted by Gasteiger charge is -2.39. The Morgan fingerprint density at radius 3 is 2.69 bits per heavy atom. The zero-order chi connectivity index (χ0) is 18.5. The van der Waals surface area contributed by atoms with Crippen LogP contribution in [0, 0.1) is 0 Å². The zero-order valence-corrected chi connectivity index (χ0v) is 15.7. The number of fused-ring (bicyclic) bond motifs is 1. The van der Waals surface area contributed by atoms with E-state index in [4.69, 9.17) is 4.74 Å². The fourth-order valence-electron chi connectivity index (χ4n) is 3.94. The number of rotatable bonds is 6. The number of piperidine rings is 1. The predicted molar refractivity (Wildman–Crippen MR) is 101 cm³/mol. The van der Waals surface area contributed by atoms with Gasteiger partial charge in [0.1, 0.15) is 5.75 Å². The van der Waals surface area contributed by atoms with Crippen molar-refractivity contribution >= 4 is 17.5 Å². The maximum absolute atomic E-state index is 12.2. The largest absolute Gasteiger partial charge is 0.482 e. The van der Waals surface area contributed by atoms with Crippen LogP contribution < -0.4 is 15.0 Å². The van der Waals surface area contributed by atoms with Crippen LogP contribution in [0.2, 0.25) is 0 Å². The van der Waals surface area contributed by atoms with Crippen molar-refractivity contribution in [2.45, 2.75) is 51.6 Å². The van der Waals surface area contributed by atoms with Crippen molar-refractivity contribution in [1.82, 2.24) is 10.2 Å². The third kappa shape index (κ3) is 4.36. The Kier molecular flexibility index (Phi) is 6.14. The fourth-order valence-corrected chi connectivity index (χ4v) is 3.94. The second-order valence-corrected chi connectivity index (χ2v) is 7.27. The fraction of sp³-hybridized carbons (Fsp3) is 0.600. The third-order valence-electron chi connectivity index (χ3n) is 5.44. The molecule has 1 N–H and O–H groups in total. The Balaban J connectivity index is 1.45. The second kappa shape index (κ2) is 8.54. The number of likely N-dealkylation sites (tertiary alicyclic amines) is 1. The maximum atomic E-state index is 12.2. The Bertz CT molecular complexity index is 639. The average Bonchev–Trinajstić information content (AvgIpc) is 2.63. The molecule has 6 heteroatoms. The second-order valence-electron chi connectivity index (χ2n) is 7.27. The molecule has 6 nitrogen and oxygen atoms in total. The Hall–Kier alpha value is -2.08. The van der Waals surface area contributed by atoms with Crippen molar-refractivity contribution in [2.24, 2.45) is 0 Å². The molecule has 2 amide bonds. The van der Waals surface area contributed by atoms with E-state index in [1.165, 1.54) is 19.3 Å². The molecule has 26 heavy (non-hydrogen) atoms. The van der Waals surface area contributed by atoms with Crippen molar-refractivity contribution in [3.8, 4) is 5.75 Å². The molecule has 0 radical (unpaired) electrons. The summed E-state index contributed by atoms with van der Waals surface area (Å²) in [6.45, 7) is 6.47. The minimum atomic E-state index is -0.104. The van der Waals surface area contributed by atoms with Gasteiger partial charge >= 0.3 is 0 Å². The number of para-hydroxylation sites is 2. The van der Waals surface area contributed by atoms with Gasteiger partial charge in [0.05, 0.1) is 5.69 Å². The number of hydrogen-bond donors (Lipinski definition) is 1. The van der Waals surface area contributed by atoms with Crippen LogP contribution in [0.4, 0.5) is 5.69 Å². The van der Waals surface area contributed by atoms with Gasteiger partial charge in [-0.2, -0.15) is 0 Å². The summed E-state index contributed by atoms with van der Waals surface area (Å²) >= 11 is 0. The van der Waals surface area contributed by atoms with Gasteiger partial charge in [-0.1, -0.05) is 18.6 Å². The summed E-state index contributed by atoms with van der Waals surface area (Å²) in [7, 11) is 0. The van der Waals surface area contributed by atoms with Gasteiger partial charge in [-0.05, 0) is 38.8 Å². The topological polar surface area (TPSA) is 61.9 Å². The molecule has 1 fully saturated rings. The first-order chi connectivity index (χ1) is 12.6. The van der Waals surface area contributed by atoms with Crippen molar-refractivity contribution < 1.29 is 14.3 Å². The number of carbonyl (C=O) groups is 2. The average molecular weight is 359 g/mol. The molecule has 2 aliphatic heterocycles. The molecule has 0 spiro atoms. The van der Waals surface area contributed by atoms with Gasteiger partial charge in [0.2, 0.25) is 5.91 Å². The normalized spacial score (nSPS) is 23.3. The van der Waals surface area contributed by atoms with Gasteiger partial charge in [-0.15, -0.1) is 0 Å². The van der Waals surface area contributed by atoms with Crippen LogP contribution in [0.5, 0.6) is 5.75 Å². The summed E-state index contributed by atoms with van der Waals surface area (Å²) in [5.74, 6) is 0.576. The van der Waals surface area contributed by atoms with Crippen LogP contribution in [0.1, 0.15) is 39.5 Å². The van der Waals surface area contributed by atoms with E-state index in [9.17, 15) is 9.59 Å². The van der Waals surface area contributed by atoms with Crippen LogP contribution in [-0.2, 0) is 9.59 Å². The lowest BCUT2D eigenvalue weighted by atomic mass is 9.98. The Labute approximate surface area is 155 Å². The molecule has 2 aliphatic rings. The molecule has 2 atom stereocenters. The van der Waals surface area contributed by atoms with Crippen molar-refractivity contribution in [3.63, 3.8) is 0 Å². The van der Waals surface area contributed by atoms with Gasteiger partial charge in [0, 0.05) is 38.1 Å². The van der Waals surface area contributed by atoms with Gasteiger partial charge < -0.3 is 15.0 Å². The summed E-state index contributed by atoms with van der Waals surface area (Å²) < 4.78 is 5.43. The first-order valence-electron chi connectivity index (χ1n) is 9.61. The SMILES string of the molecule is CC1CCCC(C)N1CCNC(=O)CCN1C(=O)COc2ccccc21. The van der Waals surface area contributed by atoms with Crippen molar-refractivity contribution in [3.05, 3.63) is 24.3 Å². The molecule has 2 unspecified atom stereocenters. The smallest absolute Gasteiger partial charge is 0.265 e. The third-order valence-corrected chi connectivity index (χ3v) is 5.44. The van der Waals surface area contributed by atoms with E-state index in [-0.39, 0.29) is 18.4 Å². The number of hydrogen-bond acceptors (Lipinski definition) is 4. The molecule has 0 bridgehead atoms. The minimum absolute atomic E-state index is 0.0147. The molecule has 1 aromatic rings. The van der Waals surface area contributed by atoms with Gasteiger partial charge in [-0.25, -0.2) is 0 Å². The van der Waals surface area contributed by atoms with Gasteiger partial charge in [-0.3, -0.25) is 14.5 Å².